The molecule has 11 rings (SSSR count). The average Bonchev–Trinajstić information content (AvgIpc) is 4.05. The summed E-state index contributed by atoms with van der Waals surface area (Å²) >= 11 is 0. The van der Waals surface area contributed by atoms with Crippen LogP contribution in [0.25, 0.3) is 44.9 Å². The molecule has 63 heavy (non-hydrogen) atoms. The van der Waals surface area contributed by atoms with Crippen molar-refractivity contribution in [1.82, 2.24) is 0 Å². The van der Waals surface area contributed by atoms with Crippen molar-refractivity contribution in [1.29, 1.82) is 0 Å². The van der Waals surface area contributed by atoms with Gasteiger partial charge in [0.1, 0.15) is 11.5 Å². The third-order valence-electron chi connectivity index (χ3n) is 13.4. The molecule has 304 valence electrons. The van der Waals surface area contributed by atoms with E-state index >= 15 is 0 Å². The molecule has 0 saturated heterocycles. The molecule has 9 aromatic rings. The van der Waals surface area contributed by atoms with Crippen molar-refractivity contribution in [3.63, 3.8) is 0 Å². The quantitative estimate of drug-likeness (QED) is 0.157. The van der Waals surface area contributed by atoms with Crippen molar-refractivity contribution in [2.45, 2.75) is 52.4 Å². The van der Waals surface area contributed by atoms with E-state index in [9.17, 15) is 0 Å². The molecule has 0 fully saturated rings. The highest BCUT2D eigenvalue weighted by Gasteiger charge is 2.44. The SMILES string of the molecule is CC(C)(C)c1ccc2c(c1)N1c3cc(C(C)(C)C)ccc3B(c3ccc(-c4ccc(-c5ccco5)cc4)cc3)c3cccc(c31)B2c1ccc(-c2ccc(-c3ccco3)cc2)cc1. The third kappa shape index (κ3) is 6.78. The monoisotopic (exact) mass is 813 g/mol. The van der Waals surface area contributed by atoms with E-state index in [0.717, 1.165) is 22.6 Å². The first-order valence-electron chi connectivity index (χ1n) is 22.2. The lowest BCUT2D eigenvalue weighted by Crippen LogP contribution is -2.65. The Morgan fingerprint density at radius 1 is 0.365 bits per heavy atom. The topological polar surface area (TPSA) is 29.5 Å². The van der Waals surface area contributed by atoms with E-state index in [0.29, 0.717) is 0 Å². The van der Waals surface area contributed by atoms with Crippen LogP contribution in [-0.2, 0) is 10.8 Å². The van der Waals surface area contributed by atoms with E-state index in [-0.39, 0.29) is 24.3 Å². The summed E-state index contributed by atoms with van der Waals surface area (Å²) in [7, 11) is 0. The van der Waals surface area contributed by atoms with Gasteiger partial charge in [0.25, 0.3) is 0 Å². The Hall–Kier alpha value is -6.97. The largest absolute Gasteiger partial charge is 0.464 e. The van der Waals surface area contributed by atoms with Gasteiger partial charge in [0.2, 0.25) is 13.4 Å². The molecular weight excluding hydrogens is 764 g/mol. The van der Waals surface area contributed by atoms with Gasteiger partial charge in [-0.3, -0.25) is 0 Å². The fourth-order valence-electron chi connectivity index (χ4n) is 9.90. The first kappa shape index (κ1) is 38.9. The predicted molar refractivity (Wildman–Crippen MR) is 267 cm³/mol. The van der Waals surface area contributed by atoms with Gasteiger partial charge in [-0.1, -0.05) is 192 Å². The Labute approximate surface area is 372 Å². The summed E-state index contributed by atoms with van der Waals surface area (Å²) in [6.07, 6.45) is 3.45. The number of nitrogens with zero attached hydrogens (tertiary/aromatic N) is 1. The summed E-state index contributed by atoms with van der Waals surface area (Å²) in [5.41, 5.74) is 21.3. The molecule has 0 N–H and O–H groups in total. The van der Waals surface area contributed by atoms with Crippen molar-refractivity contribution in [2.75, 3.05) is 4.90 Å². The second kappa shape index (κ2) is 14.8. The van der Waals surface area contributed by atoms with E-state index in [1.165, 1.54) is 83.2 Å². The third-order valence-corrected chi connectivity index (χ3v) is 13.4. The van der Waals surface area contributed by atoms with Crippen LogP contribution < -0.4 is 37.7 Å². The Morgan fingerprint density at radius 2 is 0.730 bits per heavy atom. The van der Waals surface area contributed by atoms with Crippen LogP contribution in [0.2, 0.25) is 0 Å². The predicted octanol–water partition coefficient (Wildman–Crippen LogP) is 11.3. The molecular formula is C58H49B2NO2. The first-order chi connectivity index (χ1) is 30.5. The summed E-state index contributed by atoms with van der Waals surface area (Å²) < 4.78 is 11.3. The lowest BCUT2D eigenvalue weighted by molar-refractivity contribution is 0.582. The van der Waals surface area contributed by atoms with E-state index in [1.807, 2.05) is 24.3 Å². The molecule has 2 aliphatic heterocycles. The summed E-state index contributed by atoms with van der Waals surface area (Å²) in [6.45, 7) is 14.0. The van der Waals surface area contributed by atoms with Gasteiger partial charge in [-0.15, -0.1) is 0 Å². The highest BCUT2D eigenvalue weighted by molar-refractivity contribution is 7.02. The van der Waals surface area contributed by atoms with Gasteiger partial charge in [0, 0.05) is 28.2 Å². The summed E-state index contributed by atoms with van der Waals surface area (Å²) in [6, 6.07) is 65.3. The molecule has 4 heterocycles. The maximum Gasteiger partial charge on any atom is 0.246 e. The van der Waals surface area contributed by atoms with Crippen LogP contribution in [0.15, 0.2) is 197 Å². The Morgan fingerprint density at radius 3 is 1.08 bits per heavy atom. The summed E-state index contributed by atoms with van der Waals surface area (Å²) in [5.74, 6) is 1.76. The van der Waals surface area contributed by atoms with Crippen LogP contribution >= 0.6 is 0 Å². The van der Waals surface area contributed by atoms with E-state index < -0.39 is 0 Å². The summed E-state index contributed by atoms with van der Waals surface area (Å²) in [4.78, 5) is 2.62. The molecule has 0 aliphatic carbocycles. The van der Waals surface area contributed by atoms with E-state index in [4.69, 9.17) is 8.83 Å². The van der Waals surface area contributed by atoms with Crippen molar-refractivity contribution in [2.24, 2.45) is 0 Å². The van der Waals surface area contributed by atoms with Gasteiger partial charge >= 0.3 is 0 Å². The van der Waals surface area contributed by atoms with Gasteiger partial charge in [-0.25, -0.2) is 0 Å². The number of anilines is 3. The van der Waals surface area contributed by atoms with Crippen LogP contribution in [0.1, 0.15) is 52.7 Å². The highest BCUT2D eigenvalue weighted by atomic mass is 16.3. The standard InChI is InChI=1S/C58H49B2NO2/c1-57(2,3)44-26-32-48-52(36-44)61-53-37-45(58(4,5)6)27-33-49(53)60(47-30-24-41(25-31-47)39-16-20-43(21-17-39)55-13-9-35-63-55)51-11-7-10-50(56(51)61)59(48)46-28-22-40(23-29-46)38-14-18-42(19-15-38)54-12-8-34-62-54/h7-37H,1-6H3. The number of fused-ring (bicyclic) bond motifs is 4. The molecule has 0 radical (unpaired) electrons. The molecule has 7 aromatic carbocycles. The zero-order chi connectivity index (χ0) is 43.0. The van der Waals surface area contributed by atoms with Crippen molar-refractivity contribution < 1.29 is 8.83 Å². The van der Waals surface area contributed by atoms with Gasteiger partial charge in [-0.2, -0.15) is 0 Å². The average molecular weight is 814 g/mol. The van der Waals surface area contributed by atoms with Crippen LogP contribution in [0.4, 0.5) is 17.1 Å². The number of hydrogen-bond acceptors (Lipinski definition) is 3. The molecule has 5 heteroatoms. The molecule has 2 aliphatic rings. The zero-order valence-electron chi connectivity index (χ0n) is 36.8. The Balaban J connectivity index is 1.05. The van der Waals surface area contributed by atoms with Gasteiger partial charge < -0.3 is 13.7 Å². The minimum absolute atomic E-state index is 0.0201. The number of benzene rings is 7. The minimum Gasteiger partial charge on any atom is -0.464 e. The van der Waals surface area contributed by atoms with Crippen LogP contribution in [0, 0.1) is 0 Å². The lowest BCUT2D eigenvalue weighted by atomic mass is 9.30. The fraction of sp³-hybridized carbons (Fsp3) is 0.138. The number of rotatable bonds is 6. The second-order valence-corrected chi connectivity index (χ2v) is 19.4. The molecule has 0 unspecified atom stereocenters. The highest BCUT2D eigenvalue weighted by Crippen LogP contribution is 2.41. The maximum atomic E-state index is 5.66. The molecule has 2 aromatic heterocycles. The fourth-order valence-corrected chi connectivity index (χ4v) is 9.90. The van der Waals surface area contributed by atoms with Crippen molar-refractivity contribution in [3.8, 4) is 44.9 Å². The minimum atomic E-state index is -0.0201. The van der Waals surface area contributed by atoms with Gasteiger partial charge in [-0.05, 0) is 102 Å². The maximum absolute atomic E-state index is 5.66. The smallest absolute Gasteiger partial charge is 0.246 e. The molecule has 3 nitrogen and oxygen atoms in total. The Bertz CT molecular complexity index is 2890. The number of hydrogen-bond donors (Lipinski definition) is 0. The van der Waals surface area contributed by atoms with Crippen LogP contribution in [0.5, 0.6) is 0 Å². The second-order valence-electron chi connectivity index (χ2n) is 19.4. The molecule has 0 spiro atoms. The normalized spacial score (nSPS) is 13.1. The Kier molecular flexibility index (Phi) is 9.17. The lowest BCUT2D eigenvalue weighted by Gasteiger charge is -2.44. The van der Waals surface area contributed by atoms with Gasteiger partial charge in [0.15, 0.2) is 0 Å². The van der Waals surface area contributed by atoms with Crippen LogP contribution in [-0.4, -0.2) is 13.4 Å². The van der Waals surface area contributed by atoms with E-state index in [2.05, 4.69) is 198 Å². The van der Waals surface area contributed by atoms with Crippen LogP contribution in [0.3, 0.4) is 0 Å². The first-order valence-corrected chi connectivity index (χ1v) is 22.2. The molecule has 0 atom stereocenters. The van der Waals surface area contributed by atoms with Gasteiger partial charge in [0.05, 0.1) is 12.5 Å². The van der Waals surface area contributed by atoms with Crippen molar-refractivity contribution >= 4 is 63.3 Å². The zero-order valence-corrected chi connectivity index (χ0v) is 36.8. The summed E-state index contributed by atoms with van der Waals surface area (Å²) in [5, 5.41) is 0. The van der Waals surface area contributed by atoms with Crippen molar-refractivity contribution in [3.05, 3.63) is 200 Å². The molecule has 0 bridgehead atoms. The molecule has 0 saturated carbocycles. The number of para-hydroxylation sites is 1. The number of furan rings is 2. The molecule has 0 amide bonds. The van der Waals surface area contributed by atoms with E-state index in [1.54, 1.807) is 12.5 Å².